The van der Waals surface area contributed by atoms with Gasteiger partial charge in [0.05, 0.1) is 10.9 Å². The Morgan fingerprint density at radius 3 is 2.11 bits per heavy atom. The van der Waals surface area contributed by atoms with Gasteiger partial charge < -0.3 is 14.5 Å². The normalized spacial score (nSPS) is 22.9. The number of likely N-dealkylation sites (tertiary alicyclic amines) is 2. The summed E-state index contributed by atoms with van der Waals surface area (Å²) in [4.78, 5) is 28.0. The summed E-state index contributed by atoms with van der Waals surface area (Å²) >= 11 is 0. The second-order valence-corrected chi connectivity index (χ2v) is 13.8. The molecular formula is C29H28F8N2O5S. The monoisotopic (exact) mass is 668 g/mol. The molecule has 2 atom stereocenters. The van der Waals surface area contributed by atoms with E-state index in [-0.39, 0.29) is 68.1 Å². The number of hydrogen-bond acceptors (Lipinski definition) is 5. The molecular weight excluding hydrogens is 640 g/mol. The van der Waals surface area contributed by atoms with E-state index < -0.39 is 79.1 Å². The molecule has 0 radical (unpaired) electrons. The summed E-state index contributed by atoms with van der Waals surface area (Å²) in [5, 5.41) is 0. The third-order valence-electron chi connectivity index (χ3n) is 9.14. The van der Waals surface area contributed by atoms with Gasteiger partial charge in [0.25, 0.3) is 0 Å². The third-order valence-corrected chi connectivity index (χ3v) is 11.7. The average Bonchev–Trinajstić information content (AvgIpc) is 3.38. The smallest absolute Gasteiger partial charge is 0.435 e. The number of piperidine rings is 1. The van der Waals surface area contributed by atoms with Crippen molar-refractivity contribution in [2.24, 2.45) is 5.92 Å². The Kier molecular flexibility index (Phi) is 7.93. The third kappa shape index (κ3) is 4.94. The van der Waals surface area contributed by atoms with Gasteiger partial charge in [-0.1, -0.05) is 12.1 Å². The predicted octanol–water partition coefficient (Wildman–Crippen LogP) is 5.34. The van der Waals surface area contributed by atoms with E-state index in [0.29, 0.717) is 6.07 Å². The highest BCUT2D eigenvalue weighted by molar-refractivity contribution is 7.92. The van der Waals surface area contributed by atoms with E-state index in [1.54, 1.807) is 4.90 Å². The van der Waals surface area contributed by atoms with Crippen molar-refractivity contribution in [2.45, 2.75) is 66.8 Å². The maximum atomic E-state index is 15.0. The minimum atomic E-state index is -6.42. The molecule has 0 bridgehead atoms. The van der Waals surface area contributed by atoms with Gasteiger partial charge in [-0.3, -0.25) is 9.59 Å². The fourth-order valence-electron chi connectivity index (χ4n) is 6.65. The first-order valence-corrected chi connectivity index (χ1v) is 15.4. The average molecular weight is 669 g/mol. The lowest BCUT2D eigenvalue weighted by Gasteiger charge is -2.43. The zero-order valence-electron chi connectivity index (χ0n) is 23.9. The van der Waals surface area contributed by atoms with Crippen LogP contribution in [0.15, 0.2) is 41.3 Å². The van der Waals surface area contributed by atoms with Crippen molar-refractivity contribution in [3.63, 3.8) is 0 Å². The SMILES string of the molecule is CC(=O)N1CCC(C(=O)N2CCC3(S(=O)(=O)c4ccc(F)c(C)c4)c4ccc(C(F)(C(F)(F)F)C(F)(F)F)cc4OCC23)CC1. The molecule has 0 aliphatic carbocycles. The number of hydrogen-bond donors (Lipinski definition) is 0. The maximum Gasteiger partial charge on any atom is 0.435 e. The second kappa shape index (κ2) is 10.8. The number of carbonyl (C=O) groups excluding carboxylic acids is 2. The summed E-state index contributed by atoms with van der Waals surface area (Å²) in [6.07, 6.45) is -12.6. The summed E-state index contributed by atoms with van der Waals surface area (Å²) in [5.41, 5.74) is -8.04. The lowest BCUT2D eigenvalue weighted by Crippen LogP contribution is -2.56. The number of amides is 2. The Balaban J connectivity index is 1.64. The summed E-state index contributed by atoms with van der Waals surface area (Å²) in [5.74, 6) is -2.66. The van der Waals surface area contributed by atoms with Gasteiger partial charge in [-0.2, -0.15) is 26.3 Å². The molecule has 0 spiro atoms. The number of fused-ring (bicyclic) bond motifs is 3. The number of carbonyl (C=O) groups is 2. The fourth-order valence-corrected chi connectivity index (χ4v) is 9.03. The second-order valence-electron chi connectivity index (χ2n) is 11.6. The van der Waals surface area contributed by atoms with Gasteiger partial charge in [-0.15, -0.1) is 0 Å². The Morgan fingerprint density at radius 1 is 0.933 bits per heavy atom. The van der Waals surface area contributed by atoms with E-state index in [2.05, 4.69) is 0 Å². The number of alkyl halides is 7. The van der Waals surface area contributed by atoms with Gasteiger partial charge in [0.1, 0.15) is 22.9 Å². The van der Waals surface area contributed by atoms with Crippen molar-refractivity contribution in [1.29, 1.82) is 0 Å². The van der Waals surface area contributed by atoms with Crippen LogP contribution >= 0.6 is 0 Å². The summed E-state index contributed by atoms with van der Waals surface area (Å²) in [6.45, 7) is 2.45. The first kappa shape index (κ1) is 32.9. The standard InChI is InChI=1S/C29H28F8N2O5S/c1-16-13-20(4-6-22(16)30)45(42,43)26-9-12-39(25(41)18-7-10-38(11-8-18)17(2)40)24(26)15-44-23-14-19(3-5-21(23)26)27(31,28(32,33)34)29(35,36)37/h3-6,13-14,18,24H,7-12,15H2,1-2H3. The molecule has 7 nitrogen and oxygen atoms in total. The molecule has 3 aliphatic heterocycles. The molecule has 2 aromatic carbocycles. The van der Waals surface area contributed by atoms with E-state index >= 15 is 0 Å². The molecule has 0 N–H and O–H groups in total. The van der Waals surface area contributed by atoms with Crippen LogP contribution in [0.3, 0.4) is 0 Å². The van der Waals surface area contributed by atoms with Crippen LogP contribution < -0.4 is 4.74 Å². The van der Waals surface area contributed by atoms with Crippen LogP contribution in [0.1, 0.15) is 42.9 Å². The highest BCUT2D eigenvalue weighted by atomic mass is 32.2. The summed E-state index contributed by atoms with van der Waals surface area (Å²) in [7, 11) is -4.67. The molecule has 3 heterocycles. The van der Waals surface area contributed by atoms with Gasteiger partial charge in [0.2, 0.25) is 11.8 Å². The topological polar surface area (TPSA) is 84.0 Å². The number of halogens is 8. The van der Waals surface area contributed by atoms with Crippen molar-refractivity contribution in [3.05, 3.63) is 58.9 Å². The van der Waals surface area contributed by atoms with Crippen molar-refractivity contribution < 1.29 is 57.9 Å². The van der Waals surface area contributed by atoms with E-state index in [1.807, 2.05) is 0 Å². The van der Waals surface area contributed by atoms with Crippen LogP contribution in [0.4, 0.5) is 35.1 Å². The zero-order valence-corrected chi connectivity index (χ0v) is 24.8. The number of ether oxygens (including phenoxy) is 1. The Labute approximate surface area is 253 Å². The molecule has 0 saturated carbocycles. The van der Waals surface area contributed by atoms with E-state index in [4.69, 9.17) is 4.74 Å². The quantitative estimate of drug-likeness (QED) is 0.325. The lowest BCUT2D eigenvalue weighted by atomic mass is 9.84. The first-order valence-electron chi connectivity index (χ1n) is 13.9. The fraction of sp³-hybridized carbons (Fsp3) is 0.517. The molecule has 2 aromatic rings. The van der Waals surface area contributed by atoms with Gasteiger partial charge in [-0.05, 0) is 56.0 Å². The Hall–Kier alpha value is -3.43. The van der Waals surface area contributed by atoms with Crippen LogP contribution in [0.5, 0.6) is 5.75 Å². The van der Waals surface area contributed by atoms with Crippen molar-refractivity contribution in [3.8, 4) is 5.75 Å². The number of nitrogens with zero attached hydrogens (tertiary/aromatic N) is 2. The van der Waals surface area contributed by atoms with Gasteiger partial charge in [0.15, 0.2) is 9.84 Å². The molecule has 5 rings (SSSR count). The van der Waals surface area contributed by atoms with Crippen LogP contribution in [-0.2, 0) is 29.8 Å². The zero-order chi connectivity index (χ0) is 33.3. The van der Waals surface area contributed by atoms with E-state index in [1.165, 1.54) is 18.7 Å². The molecule has 0 aromatic heterocycles. The molecule has 2 fully saturated rings. The molecule has 246 valence electrons. The minimum Gasteiger partial charge on any atom is -0.491 e. The van der Waals surface area contributed by atoms with Crippen molar-refractivity contribution >= 4 is 21.7 Å². The molecule has 45 heavy (non-hydrogen) atoms. The largest absolute Gasteiger partial charge is 0.491 e. The van der Waals surface area contributed by atoms with Gasteiger partial charge in [-0.25, -0.2) is 17.2 Å². The first-order chi connectivity index (χ1) is 20.8. The number of rotatable bonds is 4. The molecule has 3 aliphatic rings. The highest BCUT2D eigenvalue weighted by Gasteiger charge is 2.74. The van der Waals surface area contributed by atoms with Gasteiger partial charge in [0, 0.05) is 43.6 Å². The van der Waals surface area contributed by atoms with E-state index in [9.17, 15) is 53.1 Å². The van der Waals surface area contributed by atoms with Crippen molar-refractivity contribution in [2.75, 3.05) is 26.2 Å². The minimum absolute atomic E-state index is 0.0487. The Morgan fingerprint density at radius 2 is 1.56 bits per heavy atom. The molecule has 2 amide bonds. The Bertz CT molecular complexity index is 1620. The number of sulfone groups is 1. The van der Waals surface area contributed by atoms with Crippen LogP contribution in [0.25, 0.3) is 0 Å². The maximum absolute atomic E-state index is 15.0. The number of aryl methyl sites for hydroxylation is 1. The highest BCUT2D eigenvalue weighted by Crippen LogP contribution is 2.57. The lowest BCUT2D eigenvalue weighted by molar-refractivity contribution is -0.348. The molecule has 2 saturated heterocycles. The predicted molar refractivity (Wildman–Crippen MR) is 142 cm³/mol. The summed E-state index contributed by atoms with van der Waals surface area (Å²) in [6, 6.07) is 2.72. The van der Waals surface area contributed by atoms with Crippen LogP contribution in [0.2, 0.25) is 0 Å². The summed E-state index contributed by atoms with van der Waals surface area (Å²) < 4.78 is 143. The van der Waals surface area contributed by atoms with Gasteiger partial charge >= 0.3 is 18.0 Å². The van der Waals surface area contributed by atoms with Crippen molar-refractivity contribution in [1.82, 2.24) is 9.80 Å². The van der Waals surface area contributed by atoms with Crippen LogP contribution in [0, 0.1) is 18.7 Å². The molecule has 16 heteroatoms. The molecule has 2 unspecified atom stereocenters. The van der Waals surface area contributed by atoms with E-state index in [0.717, 1.165) is 18.2 Å². The van der Waals surface area contributed by atoms with Crippen LogP contribution in [-0.4, -0.2) is 74.7 Å². The number of benzene rings is 2.